The second-order valence-electron chi connectivity index (χ2n) is 3.34. The van der Waals surface area contributed by atoms with Crippen molar-refractivity contribution in [3.05, 3.63) is 12.2 Å². The van der Waals surface area contributed by atoms with Crippen LogP contribution < -0.4 is 0 Å². The topological polar surface area (TPSA) is 0 Å². The van der Waals surface area contributed by atoms with Gasteiger partial charge in [-0.1, -0.05) is 46.3 Å². The van der Waals surface area contributed by atoms with Gasteiger partial charge in [0.15, 0.2) is 0 Å². The summed E-state index contributed by atoms with van der Waals surface area (Å²) in [4.78, 5) is 0. The van der Waals surface area contributed by atoms with Crippen molar-refractivity contribution in [1.29, 1.82) is 0 Å². The molecule has 0 amide bonds. The van der Waals surface area contributed by atoms with Crippen LogP contribution in [-0.2, 0) is 0 Å². The van der Waals surface area contributed by atoms with E-state index in [1.807, 2.05) is 0 Å². The van der Waals surface area contributed by atoms with Crippen molar-refractivity contribution in [1.82, 2.24) is 0 Å². The summed E-state index contributed by atoms with van der Waals surface area (Å²) in [6.07, 6.45) is 6.82. The smallest absolute Gasteiger partial charge is 0.0169 e. The van der Waals surface area contributed by atoms with Gasteiger partial charge in [-0.25, -0.2) is 0 Å². The molecule has 0 aromatic carbocycles. The highest BCUT2D eigenvalue weighted by molar-refractivity contribution is 5.02. The second kappa shape index (κ2) is 5.52. The molecule has 60 valence electrons. The molecule has 1 aliphatic rings. The minimum absolute atomic E-state index is 0.866. The fourth-order valence-electron chi connectivity index (χ4n) is 0.471. The lowest BCUT2D eigenvalue weighted by molar-refractivity contribution is 0.407. The molecule has 0 nitrogen and oxygen atoms in total. The first-order valence-electron chi connectivity index (χ1n) is 4.33. The molecule has 0 bridgehead atoms. The van der Waals surface area contributed by atoms with Crippen LogP contribution >= 0.6 is 0 Å². The van der Waals surface area contributed by atoms with Gasteiger partial charge in [-0.05, 0) is 18.3 Å². The molecule has 1 aliphatic carbocycles. The molecule has 0 aromatic heterocycles. The van der Waals surface area contributed by atoms with Gasteiger partial charge in [-0.3, -0.25) is 0 Å². The molecule has 0 saturated carbocycles. The molecule has 0 radical (unpaired) electrons. The SMILES string of the molecule is C1=CC1.CCC(C)C(C)C. The maximum atomic E-state index is 2.30. The summed E-state index contributed by atoms with van der Waals surface area (Å²) in [7, 11) is 0. The maximum absolute atomic E-state index is 2.30. The molecule has 0 saturated heterocycles. The lowest BCUT2D eigenvalue weighted by Gasteiger charge is -2.10. The summed E-state index contributed by atoms with van der Waals surface area (Å²) in [5.74, 6) is 1.77. The summed E-state index contributed by atoms with van der Waals surface area (Å²) in [6.45, 7) is 9.08. The van der Waals surface area contributed by atoms with Crippen molar-refractivity contribution in [2.45, 2.75) is 40.5 Å². The summed E-state index contributed by atoms with van der Waals surface area (Å²) in [6, 6.07) is 0. The van der Waals surface area contributed by atoms with Crippen LogP contribution in [0.25, 0.3) is 0 Å². The van der Waals surface area contributed by atoms with Crippen LogP contribution in [0.15, 0.2) is 12.2 Å². The minimum Gasteiger partial charge on any atom is -0.0844 e. The van der Waals surface area contributed by atoms with Gasteiger partial charge in [-0.15, -0.1) is 0 Å². The molecule has 0 N–H and O–H groups in total. The summed E-state index contributed by atoms with van der Waals surface area (Å²) in [5.41, 5.74) is 0. The predicted octanol–water partition coefficient (Wildman–Crippen LogP) is 3.63. The number of hydrogen-bond donors (Lipinski definition) is 0. The lowest BCUT2D eigenvalue weighted by Crippen LogP contribution is -2.00. The Morgan fingerprint density at radius 2 is 1.60 bits per heavy atom. The van der Waals surface area contributed by atoms with Gasteiger partial charge in [-0.2, -0.15) is 0 Å². The first kappa shape index (κ1) is 9.74. The summed E-state index contributed by atoms with van der Waals surface area (Å²) >= 11 is 0. The molecule has 0 heterocycles. The molecule has 0 aromatic rings. The Kier molecular flexibility index (Phi) is 5.38. The van der Waals surface area contributed by atoms with Gasteiger partial charge in [0, 0.05) is 0 Å². The van der Waals surface area contributed by atoms with Crippen LogP contribution in [0.1, 0.15) is 40.5 Å². The van der Waals surface area contributed by atoms with Gasteiger partial charge >= 0.3 is 0 Å². The maximum Gasteiger partial charge on any atom is -0.0169 e. The Morgan fingerprint density at radius 3 is 1.60 bits per heavy atom. The lowest BCUT2D eigenvalue weighted by atomic mass is 9.96. The van der Waals surface area contributed by atoms with Gasteiger partial charge in [0.1, 0.15) is 0 Å². The Labute approximate surface area is 65.3 Å². The highest BCUT2D eigenvalue weighted by Gasteiger charge is 2.01. The van der Waals surface area contributed by atoms with E-state index in [9.17, 15) is 0 Å². The monoisotopic (exact) mass is 140 g/mol. The zero-order valence-electron chi connectivity index (χ0n) is 7.72. The zero-order valence-corrected chi connectivity index (χ0v) is 7.72. The number of hydrogen-bond acceptors (Lipinski definition) is 0. The second-order valence-corrected chi connectivity index (χ2v) is 3.34. The van der Waals surface area contributed by atoms with E-state index in [2.05, 4.69) is 39.8 Å². The Bertz CT molecular complexity index is 86.2. The normalized spacial score (nSPS) is 16.1. The van der Waals surface area contributed by atoms with E-state index < -0.39 is 0 Å². The van der Waals surface area contributed by atoms with Gasteiger partial charge < -0.3 is 0 Å². The van der Waals surface area contributed by atoms with Crippen molar-refractivity contribution >= 4 is 0 Å². The minimum atomic E-state index is 0.866. The van der Waals surface area contributed by atoms with Crippen LogP contribution in [0.3, 0.4) is 0 Å². The van der Waals surface area contributed by atoms with Crippen LogP contribution in [-0.4, -0.2) is 0 Å². The van der Waals surface area contributed by atoms with Crippen LogP contribution in [0.4, 0.5) is 0 Å². The zero-order chi connectivity index (χ0) is 7.98. The predicted molar refractivity (Wildman–Crippen MR) is 48.1 cm³/mol. The summed E-state index contributed by atoms with van der Waals surface area (Å²) < 4.78 is 0. The van der Waals surface area contributed by atoms with Crippen molar-refractivity contribution in [3.8, 4) is 0 Å². The molecule has 1 rings (SSSR count). The average molecular weight is 140 g/mol. The molecule has 1 atom stereocenters. The Hall–Kier alpha value is -0.260. The third kappa shape index (κ3) is 7.74. The first-order valence-corrected chi connectivity index (χ1v) is 4.33. The fraction of sp³-hybridized carbons (Fsp3) is 0.800. The third-order valence-electron chi connectivity index (χ3n) is 2.02. The highest BCUT2D eigenvalue weighted by Crippen LogP contribution is 2.11. The Morgan fingerprint density at radius 1 is 1.20 bits per heavy atom. The quantitative estimate of drug-likeness (QED) is 0.514. The highest BCUT2D eigenvalue weighted by atomic mass is 14.1. The van der Waals surface area contributed by atoms with Crippen LogP contribution in [0.2, 0.25) is 0 Å². The molecule has 1 unspecified atom stereocenters. The molecule has 0 spiro atoms. The fourth-order valence-corrected chi connectivity index (χ4v) is 0.471. The van der Waals surface area contributed by atoms with E-state index in [-0.39, 0.29) is 0 Å². The van der Waals surface area contributed by atoms with Crippen LogP contribution in [0, 0.1) is 11.8 Å². The van der Waals surface area contributed by atoms with E-state index in [1.165, 1.54) is 12.8 Å². The van der Waals surface area contributed by atoms with Crippen molar-refractivity contribution in [2.24, 2.45) is 11.8 Å². The van der Waals surface area contributed by atoms with Gasteiger partial charge in [0.25, 0.3) is 0 Å². The summed E-state index contributed by atoms with van der Waals surface area (Å²) in [5, 5.41) is 0. The van der Waals surface area contributed by atoms with E-state index in [0.29, 0.717) is 0 Å². The first-order chi connectivity index (χ1) is 4.68. The molecule has 0 heteroatoms. The largest absolute Gasteiger partial charge is 0.0844 e. The van der Waals surface area contributed by atoms with E-state index in [4.69, 9.17) is 0 Å². The van der Waals surface area contributed by atoms with Crippen molar-refractivity contribution < 1.29 is 0 Å². The molecule has 0 aliphatic heterocycles. The van der Waals surface area contributed by atoms with E-state index >= 15 is 0 Å². The number of rotatable bonds is 2. The molecular weight excluding hydrogens is 120 g/mol. The number of allylic oxidation sites excluding steroid dienone is 2. The molecule has 0 fully saturated rings. The van der Waals surface area contributed by atoms with Gasteiger partial charge in [0.2, 0.25) is 0 Å². The van der Waals surface area contributed by atoms with Gasteiger partial charge in [0.05, 0.1) is 0 Å². The standard InChI is InChI=1S/C7H16.C3H4/c1-5-7(4)6(2)3;1-2-3-1/h6-7H,5H2,1-4H3;1-2H,3H2. The Balaban J connectivity index is 0.000000219. The third-order valence-corrected chi connectivity index (χ3v) is 2.02. The molecule has 10 heavy (non-hydrogen) atoms. The van der Waals surface area contributed by atoms with Crippen molar-refractivity contribution in [2.75, 3.05) is 0 Å². The molecular formula is C10H20. The van der Waals surface area contributed by atoms with E-state index in [1.54, 1.807) is 0 Å². The van der Waals surface area contributed by atoms with Crippen molar-refractivity contribution in [3.63, 3.8) is 0 Å². The average Bonchev–Trinajstić information content (AvgIpc) is 2.70. The van der Waals surface area contributed by atoms with E-state index in [0.717, 1.165) is 11.8 Å². The van der Waals surface area contributed by atoms with Crippen LogP contribution in [0.5, 0.6) is 0 Å².